The van der Waals surface area contributed by atoms with E-state index in [-0.39, 0.29) is 25.1 Å². The smallest absolute Gasteiger partial charge is 0.481 e. The lowest BCUT2D eigenvalue weighted by Gasteiger charge is -2.18. The lowest BCUT2D eigenvalue weighted by molar-refractivity contribution is -0.274. The van der Waals surface area contributed by atoms with Crippen molar-refractivity contribution >= 4 is 11.9 Å². The Bertz CT molecular complexity index is 570. The lowest BCUT2D eigenvalue weighted by Crippen LogP contribution is -2.34. The van der Waals surface area contributed by atoms with Gasteiger partial charge in [-0.3, -0.25) is 9.59 Å². The summed E-state index contributed by atoms with van der Waals surface area (Å²) in [7, 11) is 0. The first kappa shape index (κ1) is 18.8. The zero-order valence-electron chi connectivity index (χ0n) is 12.7. The molecule has 128 valence electrons. The highest BCUT2D eigenvalue weighted by atomic mass is 19.4. The van der Waals surface area contributed by atoms with E-state index in [1.165, 1.54) is 32.0 Å². The molecule has 1 aromatic rings. The Morgan fingerprint density at radius 2 is 1.83 bits per heavy atom. The van der Waals surface area contributed by atoms with Crippen LogP contribution in [0.15, 0.2) is 24.3 Å². The Morgan fingerprint density at radius 1 is 1.22 bits per heavy atom. The average molecular weight is 333 g/mol. The molecule has 0 aromatic heterocycles. The summed E-state index contributed by atoms with van der Waals surface area (Å²) in [5.74, 6) is -1.90. The Morgan fingerprint density at radius 3 is 2.39 bits per heavy atom. The number of carboxylic acid groups (broad SMARTS) is 1. The molecular weight excluding hydrogens is 315 g/mol. The van der Waals surface area contributed by atoms with Crippen LogP contribution in [0.2, 0.25) is 0 Å². The molecule has 0 aliphatic heterocycles. The van der Waals surface area contributed by atoms with Crippen molar-refractivity contribution in [2.24, 2.45) is 5.41 Å². The Kier molecular flexibility index (Phi) is 6.00. The summed E-state index contributed by atoms with van der Waals surface area (Å²) in [6, 6.07) is 5.64. The van der Waals surface area contributed by atoms with Gasteiger partial charge in [-0.2, -0.15) is 0 Å². The molecule has 2 N–H and O–H groups in total. The van der Waals surface area contributed by atoms with Crippen molar-refractivity contribution < 1.29 is 32.6 Å². The molecule has 1 amide bonds. The van der Waals surface area contributed by atoms with E-state index in [2.05, 4.69) is 10.1 Å². The van der Waals surface area contributed by atoms with Crippen molar-refractivity contribution in [3.05, 3.63) is 29.8 Å². The number of halogens is 3. The third-order valence-electron chi connectivity index (χ3n) is 3.10. The number of carbonyl (C=O) groups is 2. The van der Waals surface area contributed by atoms with Gasteiger partial charge in [-0.25, -0.2) is 0 Å². The largest absolute Gasteiger partial charge is 0.573 e. The maximum Gasteiger partial charge on any atom is 0.573 e. The number of aliphatic carboxylic acids is 1. The number of benzene rings is 1. The van der Waals surface area contributed by atoms with Crippen molar-refractivity contribution in [3.63, 3.8) is 0 Å². The number of ether oxygens (including phenoxy) is 1. The van der Waals surface area contributed by atoms with Crippen molar-refractivity contribution in [1.82, 2.24) is 5.32 Å². The maximum absolute atomic E-state index is 12.3. The average Bonchev–Trinajstić information content (AvgIpc) is 2.38. The van der Waals surface area contributed by atoms with Gasteiger partial charge in [0.05, 0.1) is 5.41 Å². The second-order valence-corrected chi connectivity index (χ2v) is 5.62. The minimum Gasteiger partial charge on any atom is -0.481 e. The summed E-state index contributed by atoms with van der Waals surface area (Å²) in [6.45, 7) is 2.91. The van der Waals surface area contributed by atoms with E-state index in [4.69, 9.17) is 5.11 Å². The molecule has 0 aliphatic carbocycles. The first-order valence-electron chi connectivity index (χ1n) is 6.85. The molecule has 0 spiro atoms. The Labute approximate surface area is 131 Å². The zero-order valence-corrected chi connectivity index (χ0v) is 12.7. The number of hydrogen-bond donors (Lipinski definition) is 2. The number of carbonyl (C=O) groups excluding carboxylic acids is 1. The van der Waals surface area contributed by atoms with Crippen LogP contribution in [0.5, 0.6) is 5.75 Å². The van der Waals surface area contributed by atoms with E-state index >= 15 is 0 Å². The second-order valence-electron chi connectivity index (χ2n) is 5.62. The standard InChI is InChI=1S/C15H18F3NO4/c1-14(2,13(21)22)9-12(20)19-8-7-10-5-3-4-6-11(10)23-15(16,17)18/h3-6H,7-9H2,1-2H3,(H,19,20)(H,21,22). The van der Waals surface area contributed by atoms with Crippen LogP contribution in [0.4, 0.5) is 13.2 Å². The highest BCUT2D eigenvalue weighted by Gasteiger charge is 2.32. The number of para-hydroxylation sites is 1. The van der Waals surface area contributed by atoms with Crippen LogP contribution in [-0.2, 0) is 16.0 Å². The summed E-state index contributed by atoms with van der Waals surface area (Å²) < 4.78 is 40.8. The SMILES string of the molecule is CC(C)(CC(=O)NCCc1ccccc1OC(F)(F)F)C(=O)O. The van der Waals surface area contributed by atoms with E-state index in [0.717, 1.165) is 0 Å². The van der Waals surface area contributed by atoms with Gasteiger partial charge in [0.1, 0.15) is 5.75 Å². The third kappa shape index (κ3) is 6.58. The van der Waals surface area contributed by atoms with Gasteiger partial charge in [-0.1, -0.05) is 18.2 Å². The lowest BCUT2D eigenvalue weighted by atomic mass is 9.89. The predicted molar refractivity (Wildman–Crippen MR) is 75.9 cm³/mol. The van der Waals surface area contributed by atoms with Crippen molar-refractivity contribution in [2.45, 2.75) is 33.1 Å². The molecule has 0 bridgehead atoms. The van der Waals surface area contributed by atoms with Gasteiger partial charge in [0.15, 0.2) is 0 Å². The van der Waals surface area contributed by atoms with E-state index in [1.54, 1.807) is 6.07 Å². The molecule has 5 nitrogen and oxygen atoms in total. The maximum atomic E-state index is 12.3. The summed E-state index contributed by atoms with van der Waals surface area (Å²) in [5, 5.41) is 11.4. The minimum atomic E-state index is -4.79. The predicted octanol–water partition coefficient (Wildman–Crippen LogP) is 2.74. The van der Waals surface area contributed by atoms with Crippen LogP contribution in [0.1, 0.15) is 25.8 Å². The van der Waals surface area contributed by atoms with Gasteiger partial charge < -0.3 is 15.2 Å². The second kappa shape index (κ2) is 7.34. The molecule has 0 heterocycles. The normalized spacial score (nSPS) is 11.9. The quantitative estimate of drug-likeness (QED) is 0.804. The number of amides is 1. The fourth-order valence-corrected chi connectivity index (χ4v) is 1.81. The fourth-order valence-electron chi connectivity index (χ4n) is 1.81. The first-order chi connectivity index (χ1) is 10.5. The zero-order chi connectivity index (χ0) is 17.7. The molecule has 0 fully saturated rings. The van der Waals surface area contributed by atoms with E-state index in [9.17, 15) is 22.8 Å². The van der Waals surface area contributed by atoms with Crippen LogP contribution >= 0.6 is 0 Å². The number of alkyl halides is 3. The summed E-state index contributed by atoms with van der Waals surface area (Å²) in [5.41, 5.74) is -0.913. The van der Waals surface area contributed by atoms with Gasteiger partial charge in [0.25, 0.3) is 0 Å². The monoisotopic (exact) mass is 333 g/mol. The molecule has 8 heteroatoms. The van der Waals surface area contributed by atoms with Crippen LogP contribution < -0.4 is 10.1 Å². The summed E-state index contributed by atoms with van der Waals surface area (Å²) in [4.78, 5) is 22.6. The minimum absolute atomic E-state index is 0.0762. The van der Waals surface area contributed by atoms with Crippen molar-refractivity contribution in [3.8, 4) is 5.75 Å². The first-order valence-corrected chi connectivity index (χ1v) is 6.85. The molecule has 0 saturated heterocycles. The van der Waals surface area contributed by atoms with Gasteiger partial charge in [0.2, 0.25) is 5.91 Å². The number of hydrogen-bond acceptors (Lipinski definition) is 3. The van der Waals surface area contributed by atoms with E-state index in [0.29, 0.717) is 5.56 Å². The molecule has 23 heavy (non-hydrogen) atoms. The Balaban J connectivity index is 2.57. The molecule has 1 aromatic carbocycles. The highest BCUT2D eigenvalue weighted by molar-refractivity contribution is 5.84. The van der Waals surface area contributed by atoms with E-state index < -0.39 is 23.7 Å². The van der Waals surface area contributed by atoms with E-state index in [1.807, 2.05) is 0 Å². The van der Waals surface area contributed by atoms with Gasteiger partial charge in [0, 0.05) is 13.0 Å². The summed E-state index contributed by atoms with van der Waals surface area (Å²) >= 11 is 0. The van der Waals surface area contributed by atoms with Crippen LogP contribution in [0.25, 0.3) is 0 Å². The molecule has 0 atom stereocenters. The molecule has 0 radical (unpaired) electrons. The van der Waals surface area contributed by atoms with Gasteiger partial charge >= 0.3 is 12.3 Å². The highest BCUT2D eigenvalue weighted by Crippen LogP contribution is 2.26. The van der Waals surface area contributed by atoms with Gasteiger partial charge in [-0.05, 0) is 31.9 Å². The molecule has 0 aliphatic rings. The topological polar surface area (TPSA) is 75.6 Å². The fraction of sp³-hybridized carbons (Fsp3) is 0.467. The molecular formula is C15H18F3NO4. The molecule has 1 rings (SSSR count). The molecule has 0 saturated carbocycles. The van der Waals surface area contributed by atoms with Crippen LogP contribution in [0, 0.1) is 5.41 Å². The summed E-state index contributed by atoms with van der Waals surface area (Å²) in [6.07, 6.45) is -4.88. The van der Waals surface area contributed by atoms with Gasteiger partial charge in [-0.15, -0.1) is 13.2 Å². The van der Waals surface area contributed by atoms with Crippen molar-refractivity contribution in [1.29, 1.82) is 0 Å². The number of rotatable bonds is 7. The van der Waals surface area contributed by atoms with Crippen LogP contribution in [-0.4, -0.2) is 29.9 Å². The number of nitrogens with one attached hydrogen (secondary N) is 1. The van der Waals surface area contributed by atoms with Crippen LogP contribution in [0.3, 0.4) is 0 Å². The molecule has 0 unspecified atom stereocenters. The van der Waals surface area contributed by atoms with Crippen molar-refractivity contribution in [2.75, 3.05) is 6.54 Å². The Hall–Kier alpha value is -2.25. The number of carboxylic acids is 1. The third-order valence-corrected chi connectivity index (χ3v) is 3.10.